The van der Waals surface area contributed by atoms with Gasteiger partial charge in [-0.15, -0.1) is 0 Å². The second kappa shape index (κ2) is 9.67. The molecule has 0 radical (unpaired) electrons. The third kappa shape index (κ3) is 5.54. The first kappa shape index (κ1) is 23.3. The second-order valence-electron chi connectivity index (χ2n) is 7.55. The molecule has 1 amide bonds. The number of likely N-dealkylation sites (tertiary alicyclic amines) is 1. The fraction of sp³-hybridized carbons (Fsp3) is 0.600. The number of hydrogen-bond acceptors (Lipinski definition) is 5. The van der Waals surface area contributed by atoms with Gasteiger partial charge < -0.3 is 9.64 Å². The summed E-state index contributed by atoms with van der Waals surface area (Å²) in [5.74, 6) is -1.59. The number of nitrogens with zero attached hydrogens (tertiary/aromatic N) is 2. The van der Waals surface area contributed by atoms with E-state index in [1.54, 1.807) is 18.7 Å². The molecule has 0 saturated carbocycles. The average molecular weight is 429 g/mol. The van der Waals surface area contributed by atoms with E-state index in [-0.39, 0.29) is 23.9 Å². The fourth-order valence-corrected chi connectivity index (χ4v) is 5.18. The van der Waals surface area contributed by atoms with Crippen LogP contribution in [0.1, 0.15) is 44.5 Å². The lowest BCUT2D eigenvalue weighted by molar-refractivity contribution is -0.137. The molecule has 1 fully saturated rings. The van der Waals surface area contributed by atoms with Crippen molar-refractivity contribution in [3.8, 4) is 0 Å². The molecule has 0 unspecified atom stereocenters. The molecule has 9 heteroatoms. The Balaban J connectivity index is 2.12. The molecule has 7 nitrogen and oxygen atoms in total. The number of esters is 1. The summed E-state index contributed by atoms with van der Waals surface area (Å²) in [5, 5.41) is 0. The van der Waals surface area contributed by atoms with Crippen LogP contribution in [0.25, 0.3) is 0 Å². The lowest BCUT2D eigenvalue weighted by Crippen LogP contribution is -2.44. The Labute approximate surface area is 171 Å². The maximum absolute atomic E-state index is 14.2. The summed E-state index contributed by atoms with van der Waals surface area (Å²) in [4.78, 5) is 26.1. The zero-order valence-corrected chi connectivity index (χ0v) is 18.2. The van der Waals surface area contributed by atoms with E-state index in [0.717, 1.165) is 24.6 Å². The molecule has 1 aliphatic heterocycles. The number of piperidine rings is 1. The van der Waals surface area contributed by atoms with Gasteiger partial charge in [-0.1, -0.05) is 27.7 Å². The van der Waals surface area contributed by atoms with E-state index in [4.69, 9.17) is 4.74 Å². The Hall–Kier alpha value is -2.00. The van der Waals surface area contributed by atoms with Gasteiger partial charge in [-0.3, -0.25) is 4.79 Å². The molecule has 162 valence electrons. The highest BCUT2D eigenvalue weighted by atomic mass is 32.2. The first-order valence-corrected chi connectivity index (χ1v) is 11.3. The normalized spacial score (nSPS) is 20.0. The lowest BCUT2D eigenvalue weighted by Gasteiger charge is -2.34. The van der Waals surface area contributed by atoms with Gasteiger partial charge in [0.1, 0.15) is 5.82 Å². The zero-order valence-electron chi connectivity index (χ0n) is 17.4. The summed E-state index contributed by atoms with van der Waals surface area (Å²) in [6.07, 6.45) is 1.03. The molecular weight excluding hydrogens is 399 g/mol. The topological polar surface area (TPSA) is 84.0 Å². The summed E-state index contributed by atoms with van der Waals surface area (Å²) < 4.78 is 45.6. The van der Waals surface area contributed by atoms with E-state index in [2.05, 4.69) is 13.8 Å². The van der Waals surface area contributed by atoms with Crippen molar-refractivity contribution in [3.05, 3.63) is 29.6 Å². The van der Waals surface area contributed by atoms with Crippen molar-refractivity contribution in [3.63, 3.8) is 0 Å². The highest BCUT2D eigenvalue weighted by Gasteiger charge is 2.28. The molecular formula is C20H29FN2O5S. The summed E-state index contributed by atoms with van der Waals surface area (Å²) >= 11 is 0. The molecule has 1 heterocycles. The van der Waals surface area contributed by atoms with E-state index >= 15 is 0 Å². The van der Waals surface area contributed by atoms with Gasteiger partial charge in [-0.05, 0) is 36.5 Å². The predicted molar refractivity (Wildman–Crippen MR) is 106 cm³/mol. The zero-order chi connectivity index (χ0) is 21.8. The molecule has 2 rings (SSSR count). The Morgan fingerprint density at radius 1 is 1.17 bits per heavy atom. The molecule has 2 atom stereocenters. The van der Waals surface area contributed by atoms with Crippen LogP contribution in [0.15, 0.2) is 23.1 Å². The monoisotopic (exact) mass is 428 g/mol. The van der Waals surface area contributed by atoms with Crippen LogP contribution in [0.3, 0.4) is 0 Å². The number of rotatable bonds is 7. The van der Waals surface area contributed by atoms with Crippen LogP contribution >= 0.6 is 0 Å². The molecule has 29 heavy (non-hydrogen) atoms. The quantitative estimate of drug-likeness (QED) is 0.623. The molecule has 1 aromatic rings. The van der Waals surface area contributed by atoms with Crippen molar-refractivity contribution in [1.29, 1.82) is 0 Å². The van der Waals surface area contributed by atoms with E-state index < -0.39 is 34.0 Å². The van der Waals surface area contributed by atoms with Crippen molar-refractivity contribution in [1.82, 2.24) is 9.21 Å². The number of carbonyl (C=O) groups is 2. The Bertz CT molecular complexity index is 844. The van der Waals surface area contributed by atoms with Crippen LogP contribution in [0, 0.1) is 17.7 Å². The van der Waals surface area contributed by atoms with E-state index in [1.165, 1.54) is 4.31 Å². The molecule has 1 saturated heterocycles. The molecule has 0 aliphatic carbocycles. The third-order valence-electron chi connectivity index (χ3n) is 5.05. The number of hydrogen-bond donors (Lipinski definition) is 0. The van der Waals surface area contributed by atoms with Gasteiger partial charge >= 0.3 is 5.97 Å². The largest absolute Gasteiger partial charge is 0.452 e. The van der Waals surface area contributed by atoms with Crippen LogP contribution in [0.2, 0.25) is 0 Å². The van der Waals surface area contributed by atoms with Crippen molar-refractivity contribution in [2.75, 3.05) is 32.8 Å². The van der Waals surface area contributed by atoms with Crippen LogP contribution in [-0.2, 0) is 19.6 Å². The summed E-state index contributed by atoms with van der Waals surface area (Å²) in [6.45, 7) is 8.65. The number of amides is 1. The summed E-state index contributed by atoms with van der Waals surface area (Å²) in [7, 11) is -3.85. The van der Waals surface area contributed by atoms with Gasteiger partial charge in [0.25, 0.3) is 5.91 Å². The Kier molecular flexibility index (Phi) is 7.76. The summed E-state index contributed by atoms with van der Waals surface area (Å²) in [5.41, 5.74) is -0.508. The predicted octanol–water partition coefficient (Wildman–Crippen LogP) is 2.52. The molecule has 1 aliphatic rings. The molecule has 0 spiro atoms. The highest BCUT2D eigenvalue weighted by molar-refractivity contribution is 7.89. The third-order valence-corrected chi connectivity index (χ3v) is 7.10. The van der Waals surface area contributed by atoms with Crippen LogP contribution in [-0.4, -0.2) is 62.3 Å². The molecule has 0 aromatic heterocycles. The van der Waals surface area contributed by atoms with Crippen LogP contribution < -0.4 is 0 Å². The first-order chi connectivity index (χ1) is 13.6. The minimum Gasteiger partial charge on any atom is -0.452 e. The Morgan fingerprint density at radius 2 is 1.76 bits per heavy atom. The maximum Gasteiger partial charge on any atom is 0.341 e. The second-order valence-corrected chi connectivity index (χ2v) is 9.49. The summed E-state index contributed by atoms with van der Waals surface area (Å²) in [6, 6.07) is 2.99. The average Bonchev–Trinajstić information content (AvgIpc) is 2.66. The minimum atomic E-state index is -3.85. The minimum absolute atomic E-state index is 0.195. The van der Waals surface area contributed by atoms with Crippen molar-refractivity contribution >= 4 is 21.9 Å². The van der Waals surface area contributed by atoms with Gasteiger partial charge in [-0.2, -0.15) is 4.31 Å². The van der Waals surface area contributed by atoms with Crippen LogP contribution in [0.4, 0.5) is 4.39 Å². The van der Waals surface area contributed by atoms with E-state index in [0.29, 0.717) is 24.9 Å². The van der Waals surface area contributed by atoms with Gasteiger partial charge in [0.05, 0.1) is 10.5 Å². The molecule has 0 N–H and O–H groups in total. The van der Waals surface area contributed by atoms with Crippen molar-refractivity contribution in [2.24, 2.45) is 11.8 Å². The number of sulfonamides is 1. The number of benzene rings is 1. The maximum atomic E-state index is 14.2. The van der Waals surface area contributed by atoms with Crippen LogP contribution in [0.5, 0.6) is 0 Å². The highest BCUT2D eigenvalue weighted by Crippen LogP contribution is 2.22. The number of halogens is 1. The van der Waals surface area contributed by atoms with E-state index in [9.17, 15) is 22.4 Å². The smallest absolute Gasteiger partial charge is 0.341 e. The number of carbonyl (C=O) groups excluding carboxylic acids is 2. The Morgan fingerprint density at radius 3 is 2.31 bits per heavy atom. The van der Waals surface area contributed by atoms with Gasteiger partial charge in [0, 0.05) is 26.2 Å². The van der Waals surface area contributed by atoms with E-state index in [1.807, 2.05) is 0 Å². The number of ether oxygens (including phenoxy) is 1. The lowest BCUT2D eigenvalue weighted by atomic mass is 9.92. The fourth-order valence-electron chi connectivity index (χ4n) is 3.70. The van der Waals surface area contributed by atoms with Gasteiger partial charge in [0.2, 0.25) is 10.0 Å². The van der Waals surface area contributed by atoms with Crippen molar-refractivity contribution in [2.45, 2.75) is 39.0 Å². The SMILES string of the molecule is CCN(CC)S(=O)(=O)c1ccc(F)c(C(=O)OCC(=O)N2C[C@H](C)C[C@H](C)C2)c1. The molecule has 0 bridgehead atoms. The molecule has 1 aromatic carbocycles. The van der Waals surface area contributed by atoms with Gasteiger partial charge in [0.15, 0.2) is 6.61 Å². The van der Waals surface area contributed by atoms with Gasteiger partial charge in [-0.25, -0.2) is 17.6 Å². The standard InChI is InChI=1S/C20H29FN2O5S/c1-5-23(6-2)29(26,27)16-7-8-18(21)17(10-16)20(25)28-13-19(24)22-11-14(3)9-15(4)12-22/h7-8,10,14-15H,5-6,9,11-13H2,1-4H3/t14-,15+. The first-order valence-electron chi connectivity index (χ1n) is 9.84. The van der Waals surface area contributed by atoms with Crippen molar-refractivity contribution < 1.29 is 27.1 Å².